The fourth-order valence-corrected chi connectivity index (χ4v) is 1.35. The molecule has 1 amide bonds. The Bertz CT molecular complexity index is 375. The number of hydrogen-bond donors (Lipinski definition) is 1. The van der Waals surface area contributed by atoms with Gasteiger partial charge in [-0.25, -0.2) is 0 Å². The third kappa shape index (κ3) is 5.08. The maximum Gasteiger partial charge on any atom is 0.253 e. The molecule has 1 atom stereocenters. The summed E-state index contributed by atoms with van der Waals surface area (Å²) in [4.78, 5) is 27.1. The van der Waals surface area contributed by atoms with Crippen LogP contribution in [0.2, 0.25) is 0 Å². The van der Waals surface area contributed by atoms with Crippen molar-refractivity contribution in [2.45, 2.75) is 40.7 Å². The molecule has 1 aromatic rings. The minimum atomic E-state index is -0.465. The largest absolute Gasteiger partial charge is 0.342 e. The summed E-state index contributed by atoms with van der Waals surface area (Å²) < 4.78 is 0. The molecule has 1 rings (SSSR count). The van der Waals surface area contributed by atoms with Crippen LogP contribution in [0.15, 0.2) is 24.5 Å². The molecular weight excluding hydrogens is 228 g/mol. The third-order valence-electron chi connectivity index (χ3n) is 2.27. The van der Waals surface area contributed by atoms with Gasteiger partial charge in [-0.3, -0.25) is 14.6 Å². The average Bonchev–Trinajstić information content (AvgIpc) is 2.40. The van der Waals surface area contributed by atoms with Gasteiger partial charge in [-0.15, -0.1) is 0 Å². The number of Topliss-reactive ketones (excluding diaryl/α,β-unsaturated/α-hetero) is 1. The first-order chi connectivity index (χ1) is 8.52. The van der Waals surface area contributed by atoms with E-state index in [0.717, 1.165) is 0 Å². The van der Waals surface area contributed by atoms with Crippen molar-refractivity contribution >= 4 is 11.7 Å². The average molecular weight is 250 g/mol. The Labute approximate surface area is 109 Å². The van der Waals surface area contributed by atoms with Gasteiger partial charge in [0.2, 0.25) is 0 Å². The molecule has 4 heteroatoms. The minimum absolute atomic E-state index is 0.0252. The highest BCUT2D eigenvalue weighted by Gasteiger charge is 2.18. The van der Waals surface area contributed by atoms with Crippen LogP contribution in [0.1, 0.15) is 45.0 Å². The van der Waals surface area contributed by atoms with Gasteiger partial charge in [0.1, 0.15) is 0 Å². The van der Waals surface area contributed by atoms with Gasteiger partial charge in [0.15, 0.2) is 5.78 Å². The van der Waals surface area contributed by atoms with Gasteiger partial charge >= 0.3 is 0 Å². The first-order valence-electron chi connectivity index (χ1n) is 6.27. The first kappa shape index (κ1) is 16.3. The molecule has 18 heavy (non-hydrogen) atoms. The van der Waals surface area contributed by atoms with Crippen molar-refractivity contribution in [2.75, 3.05) is 0 Å². The second kappa shape index (κ2) is 8.39. The molecule has 0 aliphatic carbocycles. The number of ketones is 1. The van der Waals surface area contributed by atoms with Crippen LogP contribution in [-0.4, -0.2) is 22.7 Å². The normalized spacial score (nSPS) is 11.2. The molecular formula is C14H22N2O2. The van der Waals surface area contributed by atoms with E-state index in [1.165, 1.54) is 6.20 Å². The Balaban J connectivity index is 0.00000137. The molecule has 1 aromatic heterocycles. The number of nitrogens with one attached hydrogen (secondary N) is 1. The van der Waals surface area contributed by atoms with E-state index in [9.17, 15) is 9.59 Å². The van der Waals surface area contributed by atoms with Crippen LogP contribution in [0.3, 0.4) is 0 Å². The van der Waals surface area contributed by atoms with Gasteiger partial charge in [-0.1, -0.05) is 27.7 Å². The zero-order valence-corrected chi connectivity index (χ0v) is 11.7. The summed E-state index contributed by atoms with van der Waals surface area (Å²) >= 11 is 0. The number of aromatic nitrogens is 1. The number of rotatable bonds is 4. The van der Waals surface area contributed by atoms with E-state index < -0.39 is 6.04 Å². The maximum atomic E-state index is 11.7. The zero-order chi connectivity index (χ0) is 14.1. The third-order valence-corrected chi connectivity index (χ3v) is 2.27. The van der Waals surface area contributed by atoms with Crippen molar-refractivity contribution < 1.29 is 9.59 Å². The Morgan fingerprint density at radius 3 is 2.28 bits per heavy atom. The Morgan fingerprint density at radius 2 is 1.83 bits per heavy atom. The molecule has 0 radical (unpaired) electrons. The van der Waals surface area contributed by atoms with Crippen molar-refractivity contribution in [2.24, 2.45) is 5.92 Å². The van der Waals surface area contributed by atoms with E-state index in [4.69, 9.17) is 0 Å². The predicted octanol–water partition coefficient (Wildman–Crippen LogP) is 2.45. The van der Waals surface area contributed by atoms with Gasteiger partial charge in [-0.2, -0.15) is 0 Å². The zero-order valence-electron chi connectivity index (χ0n) is 11.7. The smallest absolute Gasteiger partial charge is 0.253 e. The van der Waals surface area contributed by atoms with Crippen molar-refractivity contribution in [3.8, 4) is 0 Å². The monoisotopic (exact) mass is 250 g/mol. The van der Waals surface area contributed by atoms with Crippen molar-refractivity contribution in [3.63, 3.8) is 0 Å². The highest BCUT2D eigenvalue weighted by Crippen LogP contribution is 2.01. The van der Waals surface area contributed by atoms with Crippen LogP contribution >= 0.6 is 0 Å². The summed E-state index contributed by atoms with van der Waals surface area (Å²) in [5, 5.41) is 2.65. The molecule has 0 spiro atoms. The highest BCUT2D eigenvalue weighted by molar-refractivity contribution is 5.97. The predicted molar refractivity (Wildman–Crippen MR) is 72.4 cm³/mol. The molecule has 4 nitrogen and oxygen atoms in total. The van der Waals surface area contributed by atoms with Crippen molar-refractivity contribution in [3.05, 3.63) is 30.1 Å². The molecule has 0 aliphatic rings. The minimum Gasteiger partial charge on any atom is -0.342 e. The summed E-state index contributed by atoms with van der Waals surface area (Å²) in [6, 6.07) is 2.88. The molecule has 100 valence electrons. The lowest BCUT2D eigenvalue weighted by Crippen LogP contribution is -2.40. The van der Waals surface area contributed by atoms with Crippen LogP contribution in [0.25, 0.3) is 0 Å². The molecule has 1 heterocycles. The summed E-state index contributed by atoms with van der Waals surface area (Å²) in [5.41, 5.74) is 0.464. The fraction of sp³-hybridized carbons (Fsp3) is 0.500. The second-order valence-electron chi connectivity index (χ2n) is 3.99. The summed E-state index contributed by atoms with van der Waals surface area (Å²) in [7, 11) is 0. The lowest BCUT2D eigenvalue weighted by atomic mass is 10.0. The molecule has 0 fully saturated rings. The topological polar surface area (TPSA) is 59.1 Å². The number of nitrogens with zero attached hydrogens (tertiary/aromatic N) is 1. The van der Waals surface area contributed by atoms with E-state index >= 15 is 0 Å². The van der Waals surface area contributed by atoms with Crippen LogP contribution < -0.4 is 5.32 Å². The van der Waals surface area contributed by atoms with E-state index in [1.807, 2.05) is 27.7 Å². The molecule has 0 aromatic carbocycles. The van der Waals surface area contributed by atoms with Gasteiger partial charge in [-0.05, 0) is 19.1 Å². The molecule has 1 unspecified atom stereocenters. The lowest BCUT2D eigenvalue weighted by molar-refractivity contribution is -0.123. The molecule has 0 saturated heterocycles. The summed E-state index contributed by atoms with van der Waals surface area (Å²) in [6.45, 7) is 9.32. The van der Waals surface area contributed by atoms with E-state index in [0.29, 0.717) is 5.56 Å². The van der Waals surface area contributed by atoms with E-state index in [1.54, 1.807) is 25.3 Å². The maximum absolute atomic E-state index is 11.7. The second-order valence-corrected chi connectivity index (χ2v) is 3.99. The highest BCUT2D eigenvalue weighted by atomic mass is 16.2. The summed E-state index contributed by atoms with van der Waals surface area (Å²) in [5.74, 6) is -0.323. The Kier molecular flexibility index (Phi) is 7.59. The van der Waals surface area contributed by atoms with Crippen LogP contribution in [0, 0.1) is 5.92 Å². The van der Waals surface area contributed by atoms with Crippen molar-refractivity contribution in [1.82, 2.24) is 10.3 Å². The van der Waals surface area contributed by atoms with E-state index in [-0.39, 0.29) is 17.6 Å². The standard InChI is InChI=1S/C12H16N2O2.C2H6/c1-8(2)11(15)9(3)14-12(16)10-5-4-6-13-7-10;1-2/h4-9H,1-3H3,(H,14,16);1-2H3. The Hall–Kier alpha value is -1.71. The van der Waals surface area contributed by atoms with Crippen molar-refractivity contribution in [1.29, 1.82) is 0 Å². The quantitative estimate of drug-likeness (QED) is 0.893. The number of amides is 1. The van der Waals surface area contributed by atoms with Crippen LogP contribution in [0.4, 0.5) is 0 Å². The van der Waals surface area contributed by atoms with E-state index in [2.05, 4.69) is 10.3 Å². The van der Waals surface area contributed by atoms with Crippen LogP contribution in [0.5, 0.6) is 0 Å². The Morgan fingerprint density at radius 1 is 1.22 bits per heavy atom. The molecule has 0 aliphatic heterocycles. The van der Waals surface area contributed by atoms with Gasteiger partial charge < -0.3 is 5.32 Å². The number of carbonyl (C=O) groups excluding carboxylic acids is 2. The van der Waals surface area contributed by atoms with Gasteiger partial charge in [0.25, 0.3) is 5.91 Å². The van der Waals surface area contributed by atoms with Gasteiger partial charge in [0.05, 0.1) is 11.6 Å². The van der Waals surface area contributed by atoms with Gasteiger partial charge in [0, 0.05) is 18.3 Å². The fourth-order valence-electron chi connectivity index (χ4n) is 1.35. The molecule has 0 saturated carbocycles. The first-order valence-corrected chi connectivity index (χ1v) is 6.27. The lowest BCUT2D eigenvalue weighted by Gasteiger charge is -2.14. The molecule has 1 N–H and O–H groups in total. The molecule has 0 bridgehead atoms. The summed E-state index contributed by atoms with van der Waals surface area (Å²) in [6.07, 6.45) is 3.07. The number of carbonyl (C=O) groups is 2. The number of hydrogen-bond acceptors (Lipinski definition) is 3. The van der Waals surface area contributed by atoms with Crippen LogP contribution in [-0.2, 0) is 4.79 Å². The number of pyridine rings is 1. The SMILES string of the molecule is CC.CC(C)C(=O)C(C)NC(=O)c1cccnc1.